The maximum atomic E-state index is 11.2. The van der Waals surface area contributed by atoms with Crippen molar-refractivity contribution in [3.8, 4) is 0 Å². The normalized spacial score (nSPS) is 10.1. The third kappa shape index (κ3) is 1.94. The van der Waals surface area contributed by atoms with E-state index in [4.69, 9.17) is 5.41 Å². The Morgan fingerprint density at radius 3 is 2.67 bits per heavy atom. The SMILES string of the molecule is N=CC(=O)Cc1cccc2ccccc12. The Kier molecular flexibility index (Phi) is 2.59. The molecule has 0 aliphatic rings. The van der Waals surface area contributed by atoms with E-state index in [0.29, 0.717) is 6.42 Å². The highest BCUT2D eigenvalue weighted by molar-refractivity contribution is 6.27. The zero-order chi connectivity index (χ0) is 10.7. The van der Waals surface area contributed by atoms with E-state index in [0.717, 1.165) is 22.6 Å². The van der Waals surface area contributed by atoms with Gasteiger partial charge in [0.25, 0.3) is 0 Å². The fourth-order valence-corrected chi connectivity index (χ4v) is 1.69. The fourth-order valence-electron chi connectivity index (χ4n) is 1.69. The molecule has 2 heteroatoms. The van der Waals surface area contributed by atoms with Crippen molar-refractivity contribution in [1.29, 1.82) is 5.41 Å². The molecule has 2 nitrogen and oxygen atoms in total. The van der Waals surface area contributed by atoms with Crippen molar-refractivity contribution < 1.29 is 4.79 Å². The molecule has 0 atom stereocenters. The second-order valence-corrected chi connectivity index (χ2v) is 3.43. The lowest BCUT2D eigenvalue weighted by Crippen LogP contribution is -2.03. The minimum Gasteiger partial charge on any atom is -0.305 e. The first-order valence-corrected chi connectivity index (χ1v) is 4.81. The van der Waals surface area contributed by atoms with Gasteiger partial charge in [-0.25, -0.2) is 0 Å². The zero-order valence-corrected chi connectivity index (χ0v) is 8.23. The van der Waals surface area contributed by atoms with E-state index in [1.165, 1.54) is 0 Å². The highest BCUT2D eigenvalue weighted by Gasteiger charge is 2.03. The van der Waals surface area contributed by atoms with Crippen LogP contribution in [0.2, 0.25) is 0 Å². The van der Waals surface area contributed by atoms with Crippen molar-refractivity contribution in [3.05, 3.63) is 48.0 Å². The lowest BCUT2D eigenvalue weighted by molar-refractivity contribution is -0.112. The van der Waals surface area contributed by atoms with E-state index in [9.17, 15) is 4.79 Å². The van der Waals surface area contributed by atoms with Gasteiger partial charge in [-0.3, -0.25) is 4.79 Å². The third-order valence-corrected chi connectivity index (χ3v) is 2.41. The Morgan fingerprint density at radius 1 is 1.13 bits per heavy atom. The van der Waals surface area contributed by atoms with E-state index in [-0.39, 0.29) is 5.78 Å². The van der Waals surface area contributed by atoms with Crippen LogP contribution in [0.25, 0.3) is 10.8 Å². The molecular weight excluding hydrogens is 186 g/mol. The Balaban J connectivity index is 2.51. The van der Waals surface area contributed by atoms with E-state index in [2.05, 4.69) is 0 Å². The Morgan fingerprint density at radius 2 is 1.87 bits per heavy atom. The van der Waals surface area contributed by atoms with Crippen molar-refractivity contribution in [2.24, 2.45) is 0 Å². The quantitative estimate of drug-likeness (QED) is 0.755. The van der Waals surface area contributed by atoms with Gasteiger partial charge >= 0.3 is 0 Å². The first kappa shape index (κ1) is 9.59. The second kappa shape index (κ2) is 4.05. The largest absolute Gasteiger partial charge is 0.305 e. The molecule has 0 spiro atoms. The average molecular weight is 197 g/mol. The van der Waals surface area contributed by atoms with Crippen LogP contribution in [0, 0.1) is 5.41 Å². The summed E-state index contributed by atoms with van der Waals surface area (Å²) in [6.45, 7) is 0. The third-order valence-electron chi connectivity index (χ3n) is 2.41. The van der Waals surface area contributed by atoms with Crippen LogP contribution in [0.3, 0.4) is 0 Å². The lowest BCUT2D eigenvalue weighted by Gasteiger charge is -2.03. The first-order chi connectivity index (χ1) is 7.31. The van der Waals surface area contributed by atoms with Gasteiger partial charge in [0.1, 0.15) is 0 Å². The fraction of sp³-hybridized carbons (Fsp3) is 0.0769. The molecule has 0 saturated carbocycles. The van der Waals surface area contributed by atoms with E-state index in [1.54, 1.807) is 0 Å². The molecule has 0 heterocycles. The van der Waals surface area contributed by atoms with Crippen molar-refractivity contribution in [1.82, 2.24) is 0 Å². The summed E-state index contributed by atoms with van der Waals surface area (Å²) in [6.07, 6.45) is 1.19. The van der Waals surface area contributed by atoms with E-state index < -0.39 is 0 Å². The zero-order valence-electron chi connectivity index (χ0n) is 8.23. The molecule has 2 rings (SSSR count). The summed E-state index contributed by atoms with van der Waals surface area (Å²) in [5.41, 5.74) is 0.988. The van der Waals surface area contributed by atoms with Crippen molar-refractivity contribution >= 4 is 22.8 Å². The van der Waals surface area contributed by atoms with Crippen LogP contribution in [0.5, 0.6) is 0 Å². The van der Waals surface area contributed by atoms with Crippen LogP contribution in [-0.4, -0.2) is 12.0 Å². The molecule has 0 unspecified atom stereocenters. The summed E-state index contributed by atoms with van der Waals surface area (Å²) in [4.78, 5) is 11.2. The lowest BCUT2D eigenvalue weighted by atomic mass is 10.0. The average Bonchev–Trinajstić information content (AvgIpc) is 2.29. The van der Waals surface area contributed by atoms with Crippen LogP contribution in [0.1, 0.15) is 5.56 Å². The van der Waals surface area contributed by atoms with Crippen LogP contribution in [0.15, 0.2) is 42.5 Å². The number of carbonyl (C=O) groups excluding carboxylic acids is 1. The molecule has 0 aliphatic heterocycles. The van der Waals surface area contributed by atoms with Crippen LogP contribution in [0.4, 0.5) is 0 Å². The molecule has 74 valence electrons. The number of ketones is 1. The van der Waals surface area contributed by atoms with Gasteiger partial charge in [0, 0.05) is 6.42 Å². The van der Waals surface area contributed by atoms with Crippen molar-refractivity contribution in [2.45, 2.75) is 6.42 Å². The number of fused-ring (bicyclic) bond motifs is 1. The van der Waals surface area contributed by atoms with E-state index >= 15 is 0 Å². The van der Waals surface area contributed by atoms with Gasteiger partial charge in [-0.15, -0.1) is 0 Å². The monoisotopic (exact) mass is 197 g/mol. The maximum absolute atomic E-state index is 11.2. The van der Waals surface area contributed by atoms with Gasteiger partial charge in [-0.1, -0.05) is 42.5 Å². The van der Waals surface area contributed by atoms with Gasteiger partial charge in [0.2, 0.25) is 0 Å². The molecule has 2 aromatic rings. The summed E-state index contributed by atoms with van der Waals surface area (Å²) in [5.74, 6) is -0.161. The molecule has 0 radical (unpaired) electrons. The number of Topliss-reactive ketones (excluding diaryl/α,β-unsaturated/α-hetero) is 1. The molecule has 2 aromatic carbocycles. The minimum atomic E-state index is -0.161. The Labute approximate surface area is 88.1 Å². The van der Waals surface area contributed by atoms with Crippen molar-refractivity contribution in [2.75, 3.05) is 0 Å². The van der Waals surface area contributed by atoms with Crippen LogP contribution < -0.4 is 0 Å². The maximum Gasteiger partial charge on any atom is 0.177 e. The summed E-state index contributed by atoms with van der Waals surface area (Å²) >= 11 is 0. The highest BCUT2D eigenvalue weighted by atomic mass is 16.1. The number of hydrogen-bond donors (Lipinski definition) is 1. The summed E-state index contributed by atoms with van der Waals surface area (Å²) < 4.78 is 0. The smallest absolute Gasteiger partial charge is 0.177 e. The Bertz CT molecular complexity index is 511. The molecule has 0 saturated heterocycles. The topological polar surface area (TPSA) is 40.9 Å². The summed E-state index contributed by atoms with van der Waals surface area (Å²) in [5, 5.41) is 9.12. The summed E-state index contributed by atoms with van der Waals surface area (Å²) in [6, 6.07) is 13.9. The standard InChI is InChI=1S/C13H11NO/c14-9-12(15)8-11-6-3-5-10-4-1-2-7-13(10)11/h1-7,9,14H,8H2. The predicted molar refractivity (Wildman–Crippen MR) is 61.4 cm³/mol. The minimum absolute atomic E-state index is 0.161. The molecular formula is C13H11NO. The molecule has 0 bridgehead atoms. The van der Waals surface area contributed by atoms with Gasteiger partial charge in [-0.05, 0) is 16.3 Å². The molecule has 0 amide bonds. The number of hydrogen-bond acceptors (Lipinski definition) is 2. The molecule has 1 N–H and O–H groups in total. The van der Waals surface area contributed by atoms with Crippen LogP contribution in [-0.2, 0) is 11.2 Å². The van der Waals surface area contributed by atoms with Gasteiger partial charge in [0.15, 0.2) is 5.78 Å². The van der Waals surface area contributed by atoms with Gasteiger partial charge in [-0.2, -0.15) is 0 Å². The number of nitrogens with one attached hydrogen (secondary N) is 1. The summed E-state index contributed by atoms with van der Waals surface area (Å²) in [7, 11) is 0. The number of benzene rings is 2. The van der Waals surface area contributed by atoms with Gasteiger partial charge < -0.3 is 5.41 Å². The van der Waals surface area contributed by atoms with E-state index in [1.807, 2.05) is 42.5 Å². The van der Waals surface area contributed by atoms with Gasteiger partial charge in [0.05, 0.1) is 6.21 Å². The highest BCUT2D eigenvalue weighted by Crippen LogP contribution is 2.18. The molecule has 0 fully saturated rings. The number of rotatable bonds is 3. The second-order valence-electron chi connectivity index (χ2n) is 3.43. The Hall–Kier alpha value is -1.96. The molecule has 0 aliphatic carbocycles. The molecule has 0 aromatic heterocycles. The first-order valence-electron chi connectivity index (χ1n) is 4.81. The predicted octanol–water partition coefficient (Wildman–Crippen LogP) is 2.60. The number of carbonyl (C=O) groups is 1. The van der Waals surface area contributed by atoms with Crippen molar-refractivity contribution in [3.63, 3.8) is 0 Å². The molecule has 15 heavy (non-hydrogen) atoms. The van der Waals surface area contributed by atoms with Crippen LogP contribution >= 0.6 is 0 Å².